The Hall–Kier alpha value is -4.87. The van der Waals surface area contributed by atoms with E-state index in [2.05, 4.69) is 29.6 Å². The fourth-order valence-corrected chi connectivity index (χ4v) is 6.49. The topological polar surface area (TPSA) is 64.6 Å². The van der Waals surface area contributed by atoms with Crippen LogP contribution in [0.1, 0.15) is 47.6 Å². The molecule has 0 radical (unpaired) electrons. The summed E-state index contributed by atoms with van der Waals surface area (Å²) in [6, 6.07) is 41.7. The number of hydrogen-bond acceptors (Lipinski definition) is 4. The normalized spacial score (nSPS) is 13.1. The van der Waals surface area contributed by atoms with Crippen LogP contribution in [0.3, 0.4) is 0 Å². The molecular formula is C39H34ClNO4. The number of benzene rings is 5. The lowest BCUT2D eigenvalue weighted by Gasteiger charge is -2.37. The maximum absolute atomic E-state index is 14.2. The standard InChI is InChI=1S/C39H34ClNO4/c1-26(2)36(41-38(43)44-25-33-31-21-11-9-19-29(31)30-20-10-12-22-32(30)33)37(42)45-39(27-15-5-3-6-16-27,28-17-7-4-8-18-28)34-23-13-14-24-35(34)40/h3-24,26,33,36H,25H2,1-2H3,(H,41,43)/t36-/m0/s1. The largest absolute Gasteiger partial charge is 0.449 e. The van der Waals surface area contributed by atoms with Crippen molar-refractivity contribution >= 4 is 23.7 Å². The lowest BCUT2D eigenvalue weighted by Crippen LogP contribution is -2.49. The highest BCUT2D eigenvalue weighted by atomic mass is 35.5. The van der Waals surface area contributed by atoms with Crippen LogP contribution in [-0.4, -0.2) is 24.7 Å². The van der Waals surface area contributed by atoms with E-state index in [1.807, 2.05) is 117 Å². The Bertz CT molecular complexity index is 1720. The number of esters is 1. The first kappa shape index (κ1) is 30.2. The number of carbonyl (C=O) groups is 2. The van der Waals surface area contributed by atoms with E-state index in [1.54, 1.807) is 6.07 Å². The molecule has 226 valence electrons. The highest BCUT2D eigenvalue weighted by molar-refractivity contribution is 6.31. The number of hydrogen-bond donors (Lipinski definition) is 1. The van der Waals surface area contributed by atoms with Gasteiger partial charge in [0.1, 0.15) is 12.6 Å². The molecule has 1 aliphatic rings. The molecule has 5 aromatic carbocycles. The van der Waals surface area contributed by atoms with E-state index < -0.39 is 23.7 Å². The first-order valence-electron chi connectivity index (χ1n) is 15.1. The third-order valence-corrected chi connectivity index (χ3v) is 8.73. The summed E-state index contributed by atoms with van der Waals surface area (Å²) in [6.07, 6.45) is -0.685. The van der Waals surface area contributed by atoms with Gasteiger partial charge >= 0.3 is 12.1 Å². The van der Waals surface area contributed by atoms with Crippen molar-refractivity contribution in [2.45, 2.75) is 31.4 Å². The van der Waals surface area contributed by atoms with Gasteiger partial charge in [-0.1, -0.05) is 153 Å². The van der Waals surface area contributed by atoms with Gasteiger partial charge in [0.2, 0.25) is 0 Å². The van der Waals surface area contributed by atoms with Crippen molar-refractivity contribution in [1.82, 2.24) is 5.32 Å². The van der Waals surface area contributed by atoms with Crippen molar-refractivity contribution in [3.05, 3.63) is 166 Å². The molecule has 45 heavy (non-hydrogen) atoms. The van der Waals surface area contributed by atoms with E-state index in [4.69, 9.17) is 21.1 Å². The molecule has 0 bridgehead atoms. The van der Waals surface area contributed by atoms with Crippen molar-refractivity contribution in [1.29, 1.82) is 0 Å². The molecule has 0 saturated heterocycles. The molecule has 0 heterocycles. The second kappa shape index (κ2) is 13.0. The van der Waals surface area contributed by atoms with E-state index in [9.17, 15) is 9.59 Å². The predicted octanol–water partition coefficient (Wildman–Crippen LogP) is 8.74. The summed E-state index contributed by atoms with van der Waals surface area (Å²) in [5.41, 5.74) is 5.19. The van der Waals surface area contributed by atoms with Crippen LogP contribution in [0.5, 0.6) is 0 Å². The lowest BCUT2D eigenvalue weighted by molar-refractivity contribution is -0.157. The Morgan fingerprint density at radius 3 is 1.73 bits per heavy atom. The Labute approximate surface area is 268 Å². The summed E-state index contributed by atoms with van der Waals surface area (Å²) >= 11 is 6.81. The lowest BCUT2D eigenvalue weighted by atomic mass is 9.80. The molecule has 1 aliphatic carbocycles. The molecule has 5 aromatic rings. The second-order valence-corrected chi connectivity index (χ2v) is 11.9. The van der Waals surface area contributed by atoms with E-state index >= 15 is 0 Å². The molecule has 0 aromatic heterocycles. The molecule has 5 nitrogen and oxygen atoms in total. The molecule has 0 unspecified atom stereocenters. The molecule has 0 fully saturated rings. The van der Waals surface area contributed by atoms with Crippen LogP contribution in [0.4, 0.5) is 4.79 Å². The van der Waals surface area contributed by atoms with Crippen LogP contribution < -0.4 is 5.32 Å². The number of fused-ring (bicyclic) bond motifs is 3. The van der Waals surface area contributed by atoms with Crippen molar-refractivity contribution in [3.63, 3.8) is 0 Å². The van der Waals surface area contributed by atoms with Gasteiger partial charge in [-0.3, -0.25) is 0 Å². The summed E-state index contributed by atoms with van der Waals surface area (Å²) in [4.78, 5) is 27.5. The summed E-state index contributed by atoms with van der Waals surface area (Å²) < 4.78 is 12.4. The maximum Gasteiger partial charge on any atom is 0.407 e. The minimum atomic E-state index is -1.38. The van der Waals surface area contributed by atoms with Gasteiger partial charge in [0, 0.05) is 27.6 Å². The van der Waals surface area contributed by atoms with Gasteiger partial charge in [-0.15, -0.1) is 0 Å². The average molecular weight is 616 g/mol. The first-order chi connectivity index (χ1) is 21.9. The van der Waals surface area contributed by atoms with Gasteiger partial charge in [-0.2, -0.15) is 0 Å². The molecule has 0 aliphatic heterocycles. The molecule has 6 rings (SSSR count). The van der Waals surface area contributed by atoms with Crippen molar-refractivity contribution in [3.8, 4) is 11.1 Å². The SMILES string of the molecule is CC(C)[C@H](NC(=O)OCC1c2ccccc2-c2ccccc21)C(=O)OC(c1ccccc1)(c1ccccc1)c1ccccc1Cl. The van der Waals surface area contributed by atoms with Crippen molar-refractivity contribution in [2.24, 2.45) is 5.92 Å². The van der Waals surface area contributed by atoms with E-state index in [0.717, 1.165) is 33.4 Å². The molecule has 1 atom stereocenters. The summed E-state index contributed by atoms with van der Waals surface area (Å²) in [5.74, 6) is -1.00. The molecule has 6 heteroatoms. The second-order valence-electron chi connectivity index (χ2n) is 11.5. The summed E-state index contributed by atoms with van der Waals surface area (Å²) in [5, 5.41) is 3.26. The summed E-state index contributed by atoms with van der Waals surface area (Å²) in [7, 11) is 0. The number of alkyl carbamates (subject to hydrolysis) is 1. The third-order valence-electron chi connectivity index (χ3n) is 8.41. The Kier molecular flexibility index (Phi) is 8.72. The minimum absolute atomic E-state index is 0.100. The van der Waals surface area contributed by atoms with Gasteiger partial charge in [0.15, 0.2) is 5.60 Å². The van der Waals surface area contributed by atoms with E-state index in [-0.39, 0.29) is 18.4 Å². The van der Waals surface area contributed by atoms with Crippen LogP contribution in [0, 0.1) is 5.92 Å². The molecule has 0 saturated carbocycles. The van der Waals surface area contributed by atoms with Crippen molar-refractivity contribution in [2.75, 3.05) is 6.61 Å². The Balaban J connectivity index is 1.28. The monoisotopic (exact) mass is 615 g/mol. The fraction of sp³-hybridized carbons (Fsp3) is 0.179. The number of nitrogens with one attached hydrogen (secondary N) is 1. The molecule has 0 spiro atoms. The Morgan fingerprint density at radius 1 is 0.711 bits per heavy atom. The zero-order valence-corrected chi connectivity index (χ0v) is 25.9. The average Bonchev–Trinajstić information content (AvgIpc) is 3.39. The molecular weight excluding hydrogens is 582 g/mol. The van der Waals surface area contributed by atoms with Crippen LogP contribution >= 0.6 is 11.6 Å². The minimum Gasteiger partial charge on any atom is -0.449 e. The highest BCUT2D eigenvalue weighted by Crippen LogP contribution is 2.45. The summed E-state index contributed by atoms with van der Waals surface area (Å²) in [6.45, 7) is 3.85. The maximum atomic E-state index is 14.2. The smallest absolute Gasteiger partial charge is 0.407 e. The van der Waals surface area contributed by atoms with Gasteiger partial charge in [-0.25, -0.2) is 9.59 Å². The number of rotatable bonds is 9. The van der Waals surface area contributed by atoms with Crippen molar-refractivity contribution < 1.29 is 19.1 Å². The van der Waals surface area contributed by atoms with Crippen LogP contribution in [0.2, 0.25) is 5.02 Å². The first-order valence-corrected chi connectivity index (χ1v) is 15.5. The van der Waals surface area contributed by atoms with Crippen LogP contribution in [-0.2, 0) is 19.9 Å². The van der Waals surface area contributed by atoms with Gasteiger partial charge in [0.05, 0.1) is 0 Å². The number of carbonyl (C=O) groups excluding carboxylic acids is 2. The third kappa shape index (κ3) is 5.84. The molecule has 1 N–H and O–H groups in total. The highest BCUT2D eigenvalue weighted by Gasteiger charge is 2.44. The Morgan fingerprint density at radius 2 is 1.20 bits per heavy atom. The van der Waals surface area contributed by atoms with Gasteiger partial charge in [-0.05, 0) is 34.2 Å². The quantitative estimate of drug-likeness (QED) is 0.133. The van der Waals surface area contributed by atoms with Crippen LogP contribution in [0.25, 0.3) is 11.1 Å². The zero-order valence-electron chi connectivity index (χ0n) is 25.2. The zero-order chi connectivity index (χ0) is 31.4. The predicted molar refractivity (Wildman–Crippen MR) is 177 cm³/mol. The number of ether oxygens (including phenoxy) is 2. The van der Waals surface area contributed by atoms with E-state index in [1.165, 1.54) is 0 Å². The van der Waals surface area contributed by atoms with Gasteiger partial charge in [0.25, 0.3) is 0 Å². The fourth-order valence-electron chi connectivity index (χ4n) is 6.22. The van der Waals surface area contributed by atoms with E-state index in [0.29, 0.717) is 10.6 Å². The number of halogens is 1. The molecule has 1 amide bonds. The van der Waals surface area contributed by atoms with Crippen LogP contribution in [0.15, 0.2) is 133 Å². The van der Waals surface area contributed by atoms with Gasteiger partial charge < -0.3 is 14.8 Å². The number of amides is 1.